The highest BCUT2D eigenvalue weighted by molar-refractivity contribution is 9.09. The van der Waals surface area contributed by atoms with Gasteiger partial charge in [0.05, 0.1) is 5.56 Å². The number of carboxylic acids is 1. The summed E-state index contributed by atoms with van der Waals surface area (Å²) in [5, 5.41) is 8.56. The topological polar surface area (TPSA) is 46.5 Å². The van der Waals surface area contributed by atoms with Crippen LogP contribution in [-0.2, 0) is 0 Å². The van der Waals surface area contributed by atoms with E-state index in [1.54, 1.807) is 12.1 Å². The molecule has 0 fully saturated rings. The second kappa shape index (κ2) is 4.11. The third-order valence-electron chi connectivity index (χ3n) is 1.32. The Bertz CT molecular complexity index is 268. The summed E-state index contributed by atoms with van der Waals surface area (Å²) in [6, 6.07) is 6.23. The van der Waals surface area contributed by atoms with Crippen LogP contribution in [0, 0.1) is 0 Å². The van der Waals surface area contributed by atoms with Crippen molar-refractivity contribution in [3.63, 3.8) is 0 Å². The van der Waals surface area contributed by atoms with Crippen LogP contribution in [0.1, 0.15) is 10.4 Å². The monoisotopic (exact) mass is 230 g/mol. The number of carboxylic acid groups (broad SMARTS) is 1. The first-order valence-electron chi connectivity index (χ1n) is 3.26. The fourth-order valence-corrected chi connectivity index (χ4v) is 1.02. The molecule has 0 aliphatic rings. The van der Waals surface area contributed by atoms with Gasteiger partial charge in [-0.1, -0.05) is 0 Å². The molecular formula is C8H7BrO3. The van der Waals surface area contributed by atoms with Crippen LogP contribution in [0.5, 0.6) is 5.75 Å². The molecule has 0 unspecified atom stereocenters. The molecule has 4 heteroatoms. The summed E-state index contributed by atoms with van der Waals surface area (Å²) in [6.45, 7) is 0. The molecule has 1 aromatic carbocycles. The Morgan fingerprint density at radius 1 is 1.42 bits per heavy atom. The predicted molar refractivity (Wildman–Crippen MR) is 47.8 cm³/mol. The van der Waals surface area contributed by atoms with E-state index >= 15 is 0 Å². The van der Waals surface area contributed by atoms with Crippen LogP contribution in [0.4, 0.5) is 0 Å². The Balaban J connectivity index is 2.78. The van der Waals surface area contributed by atoms with Gasteiger partial charge in [-0.3, -0.25) is 0 Å². The average Bonchev–Trinajstić information content (AvgIpc) is 2.06. The third kappa shape index (κ3) is 2.23. The summed E-state index contributed by atoms with van der Waals surface area (Å²) >= 11 is 3.09. The van der Waals surface area contributed by atoms with Crippen LogP contribution in [0.15, 0.2) is 24.3 Å². The highest BCUT2D eigenvalue weighted by atomic mass is 79.9. The molecule has 0 radical (unpaired) electrons. The molecule has 3 nitrogen and oxygen atoms in total. The number of ether oxygens (including phenoxy) is 1. The van der Waals surface area contributed by atoms with E-state index in [-0.39, 0.29) is 5.56 Å². The molecule has 0 aliphatic heterocycles. The zero-order chi connectivity index (χ0) is 8.97. The van der Waals surface area contributed by atoms with Gasteiger partial charge in [-0.25, -0.2) is 4.79 Å². The van der Waals surface area contributed by atoms with Gasteiger partial charge in [-0.2, -0.15) is 0 Å². The van der Waals surface area contributed by atoms with Crippen molar-refractivity contribution in [1.29, 1.82) is 0 Å². The van der Waals surface area contributed by atoms with Crippen molar-refractivity contribution in [1.82, 2.24) is 0 Å². The molecule has 1 aromatic rings. The highest BCUT2D eigenvalue weighted by Crippen LogP contribution is 2.12. The van der Waals surface area contributed by atoms with Crippen LogP contribution < -0.4 is 4.74 Å². The lowest BCUT2D eigenvalue weighted by atomic mass is 10.2. The summed E-state index contributed by atoms with van der Waals surface area (Å²) < 4.78 is 5.06. The van der Waals surface area contributed by atoms with Crippen molar-refractivity contribution in [2.24, 2.45) is 0 Å². The van der Waals surface area contributed by atoms with Crippen molar-refractivity contribution in [3.05, 3.63) is 29.8 Å². The standard InChI is InChI=1S/C8H7BrO3/c9-5-12-7-3-1-6(2-4-7)8(10)11/h1-4H,5H2,(H,10,11). The lowest BCUT2D eigenvalue weighted by Crippen LogP contribution is -1.95. The SMILES string of the molecule is O=C(O)c1ccc(OCBr)cc1. The summed E-state index contributed by atoms with van der Waals surface area (Å²) in [5.74, 6) is -0.280. The van der Waals surface area contributed by atoms with Gasteiger partial charge in [-0.15, -0.1) is 0 Å². The number of halogens is 1. The number of alkyl halides is 1. The minimum atomic E-state index is -0.930. The number of hydrogen-bond donors (Lipinski definition) is 1. The van der Waals surface area contributed by atoms with Gasteiger partial charge in [0, 0.05) is 0 Å². The number of aromatic carboxylic acids is 1. The highest BCUT2D eigenvalue weighted by Gasteiger charge is 2.00. The van der Waals surface area contributed by atoms with E-state index < -0.39 is 5.97 Å². The van der Waals surface area contributed by atoms with E-state index in [1.807, 2.05) is 0 Å². The molecule has 0 saturated heterocycles. The van der Waals surface area contributed by atoms with Gasteiger partial charge in [0.2, 0.25) is 0 Å². The lowest BCUT2D eigenvalue weighted by Gasteiger charge is -2.00. The zero-order valence-corrected chi connectivity index (χ0v) is 7.74. The quantitative estimate of drug-likeness (QED) is 0.810. The minimum Gasteiger partial charge on any atom is -0.482 e. The summed E-state index contributed by atoms with van der Waals surface area (Å²) in [4.78, 5) is 10.4. The van der Waals surface area contributed by atoms with Crippen molar-refractivity contribution < 1.29 is 14.6 Å². The first-order valence-corrected chi connectivity index (χ1v) is 4.38. The Morgan fingerprint density at radius 2 is 2.00 bits per heavy atom. The average molecular weight is 231 g/mol. The van der Waals surface area contributed by atoms with E-state index in [0.717, 1.165) is 0 Å². The van der Waals surface area contributed by atoms with E-state index in [2.05, 4.69) is 15.9 Å². The molecule has 0 bridgehead atoms. The Morgan fingerprint density at radius 3 is 2.42 bits per heavy atom. The van der Waals surface area contributed by atoms with Crippen LogP contribution >= 0.6 is 15.9 Å². The van der Waals surface area contributed by atoms with Gasteiger partial charge < -0.3 is 9.84 Å². The van der Waals surface area contributed by atoms with Crippen LogP contribution in [-0.4, -0.2) is 16.6 Å². The molecular weight excluding hydrogens is 224 g/mol. The molecule has 0 heterocycles. The minimum absolute atomic E-state index is 0.261. The summed E-state index contributed by atoms with van der Waals surface area (Å²) in [5.41, 5.74) is 0.663. The number of carbonyl (C=O) groups is 1. The number of benzene rings is 1. The first-order chi connectivity index (χ1) is 5.74. The largest absolute Gasteiger partial charge is 0.482 e. The van der Waals surface area contributed by atoms with Crippen molar-refractivity contribution in [3.8, 4) is 5.75 Å². The van der Waals surface area contributed by atoms with Crippen LogP contribution in [0.25, 0.3) is 0 Å². The zero-order valence-electron chi connectivity index (χ0n) is 6.16. The Hall–Kier alpha value is -1.03. The second-order valence-electron chi connectivity index (χ2n) is 2.08. The smallest absolute Gasteiger partial charge is 0.335 e. The maximum atomic E-state index is 10.4. The maximum absolute atomic E-state index is 10.4. The summed E-state index contributed by atoms with van der Waals surface area (Å²) in [7, 11) is 0. The van der Waals surface area contributed by atoms with Crippen molar-refractivity contribution in [2.75, 3.05) is 5.52 Å². The molecule has 0 atom stereocenters. The Labute approximate surface area is 78.1 Å². The Kier molecular flexibility index (Phi) is 3.10. The van der Waals surface area contributed by atoms with Crippen LogP contribution in [0.3, 0.4) is 0 Å². The van der Waals surface area contributed by atoms with Gasteiger partial charge >= 0.3 is 5.97 Å². The molecule has 64 valence electrons. The molecule has 0 aliphatic carbocycles. The number of rotatable bonds is 3. The van der Waals surface area contributed by atoms with Crippen molar-refractivity contribution in [2.45, 2.75) is 0 Å². The molecule has 12 heavy (non-hydrogen) atoms. The molecule has 1 N–H and O–H groups in total. The van der Waals surface area contributed by atoms with Crippen molar-refractivity contribution >= 4 is 21.9 Å². The van der Waals surface area contributed by atoms with E-state index in [4.69, 9.17) is 9.84 Å². The fraction of sp³-hybridized carbons (Fsp3) is 0.125. The molecule has 0 amide bonds. The second-order valence-corrected chi connectivity index (χ2v) is 2.54. The molecule has 0 spiro atoms. The van der Waals surface area contributed by atoms with Gasteiger partial charge in [0.1, 0.15) is 11.3 Å². The first kappa shape index (κ1) is 9.06. The third-order valence-corrected chi connectivity index (χ3v) is 1.55. The van der Waals surface area contributed by atoms with E-state index in [1.165, 1.54) is 12.1 Å². The molecule has 1 rings (SSSR count). The van der Waals surface area contributed by atoms with Gasteiger partial charge in [0.15, 0.2) is 0 Å². The van der Waals surface area contributed by atoms with E-state index in [0.29, 0.717) is 11.3 Å². The fourth-order valence-electron chi connectivity index (χ4n) is 0.757. The van der Waals surface area contributed by atoms with Gasteiger partial charge in [0.25, 0.3) is 0 Å². The van der Waals surface area contributed by atoms with Crippen LogP contribution in [0.2, 0.25) is 0 Å². The number of hydrogen-bond acceptors (Lipinski definition) is 2. The summed E-state index contributed by atoms with van der Waals surface area (Å²) in [6.07, 6.45) is 0. The van der Waals surface area contributed by atoms with E-state index in [9.17, 15) is 4.79 Å². The maximum Gasteiger partial charge on any atom is 0.335 e. The van der Waals surface area contributed by atoms with Gasteiger partial charge in [-0.05, 0) is 40.2 Å². The normalized spacial score (nSPS) is 9.42. The molecule has 0 aromatic heterocycles. The lowest BCUT2D eigenvalue weighted by molar-refractivity contribution is 0.0697. The predicted octanol–water partition coefficient (Wildman–Crippen LogP) is 2.12. The molecule has 0 saturated carbocycles.